The molecule has 1 aromatic heterocycles. The van der Waals surface area contributed by atoms with Crippen LogP contribution in [0.1, 0.15) is 19.5 Å². The third kappa shape index (κ3) is 5.92. The van der Waals surface area contributed by atoms with Crippen LogP contribution in [-0.2, 0) is 16.0 Å². The average Bonchev–Trinajstić information content (AvgIpc) is 2.88. The topological polar surface area (TPSA) is 127 Å². The van der Waals surface area contributed by atoms with Crippen LogP contribution in [0.25, 0.3) is 0 Å². The number of carboxylic acid groups (broad SMARTS) is 2. The quantitative estimate of drug-likeness (QED) is 0.375. The first-order valence-corrected chi connectivity index (χ1v) is 6.81. The number of aromatic amines is 1. The fraction of sp³-hybridized carbons (Fsp3) is 0.615. The molecule has 1 heterocycles. The molecule has 0 bridgehead atoms. The minimum atomic E-state index is -0.955. The van der Waals surface area contributed by atoms with Crippen LogP contribution in [0.15, 0.2) is 12.5 Å². The highest BCUT2D eigenvalue weighted by molar-refractivity contribution is 5.74. The minimum Gasteiger partial charge on any atom is -0.480 e. The first-order valence-electron chi connectivity index (χ1n) is 6.81. The molecule has 0 saturated heterocycles. The first-order chi connectivity index (χ1) is 9.91. The van der Waals surface area contributed by atoms with Crippen LogP contribution in [0.4, 0.5) is 0 Å². The smallest absolute Gasteiger partial charge is 0.321 e. The zero-order valence-corrected chi connectivity index (χ0v) is 12.2. The Bertz CT molecular complexity index is 447. The maximum absolute atomic E-state index is 11.2. The maximum atomic E-state index is 11.2. The van der Waals surface area contributed by atoms with E-state index >= 15 is 0 Å². The first kappa shape index (κ1) is 17.1. The lowest BCUT2D eigenvalue weighted by molar-refractivity contribution is -0.141. The Morgan fingerprint density at radius 1 is 1.24 bits per heavy atom. The Hall–Kier alpha value is -1.93. The molecule has 0 fully saturated rings. The van der Waals surface area contributed by atoms with E-state index in [0.29, 0.717) is 19.5 Å². The van der Waals surface area contributed by atoms with Crippen LogP contribution in [0, 0.1) is 5.92 Å². The number of hydrogen-bond acceptors (Lipinski definition) is 5. The molecule has 0 aliphatic carbocycles. The summed E-state index contributed by atoms with van der Waals surface area (Å²) < 4.78 is 0. The summed E-state index contributed by atoms with van der Waals surface area (Å²) in [5.41, 5.74) is 0.730. The molecule has 21 heavy (non-hydrogen) atoms. The van der Waals surface area contributed by atoms with E-state index in [1.807, 2.05) is 13.8 Å². The normalized spacial score (nSPS) is 14.0. The summed E-state index contributed by atoms with van der Waals surface area (Å²) in [4.78, 5) is 28.9. The summed E-state index contributed by atoms with van der Waals surface area (Å²) in [6, 6.07) is -1.38. The number of hydrogen-bond donors (Lipinski definition) is 5. The third-order valence-electron chi connectivity index (χ3n) is 3.09. The van der Waals surface area contributed by atoms with Crippen LogP contribution in [0.5, 0.6) is 0 Å². The predicted octanol–water partition coefficient (Wildman–Crippen LogP) is -0.306. The van der Waals surface area contributed by atoms with E-state index in [1.54, 1.807) is 6.20 Å². The Labute approximate surface area is 123 Å². The van der Waals surface area contributed by atoms with Gasteiger partial charge < -0.3 is 25.8 Å². The Morgan fingerprint density at radius 2 is 1.90 bits per heavy atom. The van der Waals surface area contributed by atoms with Gasteiger partial charge in [0, 0.05) is 31.4 Å². The standard InChI is InChI=1S/C13H22N4O4/c1-8(2)11(13(20)21)16-4-3-15-10(12(18)19)5-9-6-14-7-17-9/h6-8,10-11,15-16H,3-5H2,1-2H3,(H,14,17)(H,18,19)(H,20,21)/t10-,11-/m0/s1. The second kappa shape index (κ2) is 8.38. The van der Waals surface area contributed by atoms with E-state index in [1.165, 1.54) is 6.33 Å². The molecule has 5 N–H and O–H groups in total. The fourth-order valence-corrected chi connectivity index (χ4v) is 1.95. The number of aliphatic carboxylic acids is 2. The van der Waals surface area contributed by atoms with Crippen LogP contribution >= 0.6 is 0 Å². The monoisotopic (exact) mass is 298 g/mol. The van der Waals surface area contributed by atoms with Gasteiger partial charge in [0.05, 0.1) is 6.33 Å². The SMILES string of the molecule is CC(C)[C@H](NCCN[C@@H](Cc1cnc[nH]1)C(=O)O)C(=O)O. The van der Waals surface area contributed by atoms with Gasteiger partial charge in [0.1, 0.15) is 12.1 Å². The van der Waals surface area contributed by atoms with Gasteiger partial charge in [-0.3, -0.25) is 9.59 Å². The number of rotatable bonds is 10. The Morgan fingerprint density at radius 3 is 2.38 bits per heavy atom. The van der Waals surface area contributed by atoms with Crippen molar-refractivity contribution < 1.29 is 19.8 Å². The highest BCUT2D eigenvalue weighted by Gasteiger charge is 2.21. The number of imidazole rings is 1. The Kier molecular flexibility index (Phi) is 6.83. The van der Waals surface area contributed by atoms with E-state index in [4.69, 9.17) is 10.2 Å². The number of aromatic nitrogens is 2. The number of H-pyrrole nitrogens is 1. The number of nitrogens with zero attached hydrogens (tertiary/aromatic N) is 1. The molecule has 2 atom stereocenters. The van der Waals surface area contributed by atoms with Gasteiger partial charge in [-0.1, -0.05) is 13.8 Å². The molecule has 8 nitrogen and oxygen atoms in total. The lowest BCUT2D eigenvalue weighted by Gasteiger charge is -2.19. The molecular formula is C13H22N4O4. The molecule has 0 radical (unpaired) electrons. The third-order valence-corrected chi connectivity index (χ3v) is 3.09. The lowest BCUT2D eigenvalue weighted by atomic mass is 10.1. The molecule has 0 amide bonds. The minimum absolute atomic E-state index is 0.0391. The van der Waals surface area contributed by atoms with Crippen molar-refractivity contribution in [2.45, 2.75) is 32.4 Å². The predicted molar refractivity (Wildman–Crippen MR) is 76.0 cm³/mol. The molecular weight excluding hydrogens is 276 g/mol. The van der Waals surface area contributed by atoms with Gasteiger partial charge in [-0.05, 0) is 5.92 Å². The number of nitrogens with one attached hydrogen (secondary N) is 3. The number of carbonyl (C=O) groups is 2. The van der Waals surface area contributed by atoms with E-state index in [-0.39, 0.29) is 5.92 Å². The molecule has 0 spiro atoms. The zero-order chi connectivity index (χ0) is 15.8. The molecule has 0 aliphatic rings. The van der Waals surface area contributed by atoms with Crippen LogP contribution in [-0.4, -0.2) is 57.3 Å². The van der Waals surface area contributed by atoms with Crippen molar-refractivity contribution in [3.63, 3.8) is 0 Å². The molecule has 8 heteroatoms. The van der Waals surface area contributed by atoms with Crippen LogP contribution in [0.3, 0.4) is 0 Å². The summed E-state index contributed by atoms with van der Waals surface area (Å²) >= 11 is 0. The van der Waals surface area contributed by atoms with Gasteiger partial charge >= 0.3 is 11.9 Å². The van der Waals surface area contributed by atoms with Gasteiger partial charge in [0.15, 0.2) is 0 Å². The Balaban J connectivity index is 2.37. The summed E-state index contributed by atoms with van der Waals surface area (Å²) in [5, 5.41) is 24.0. The average molecular weight is 298 g/mol. The second-order valence-electron chi connectivity index (χ2n) is 5.14. The second-order valence-corrected chi connectivity index (χ2v) is 5.14. The van der Waals surface area contributed by atoms with Gasteiger partial charge in [-0.2, -0.15) is 0 Å². The van der Waals surface area contributed by atoms with Crippen LogP contribution in [0.2, 0.25) is 0 Å². The number of carboxylic acids is 2. The molecule has 0 saturated carbocycles. The summed E-state index contributed by atoms with van der Waals surface area (Å²) in [6.07, 6.45) is 3.37. The van der Waals surface area contributed by atoms with E-state index in [0.717, 1.165) is 5.69 Å². The van der Waals surface area contributed by atoms with Crippen molar-refractivity contribution in [1.29, 1.82) is 0 Å². The highest BCUT2D eigenvalue weighted by atomic mass is 16.4. The van der Waals surface area contributed by atoms with E-state index in [9.17, 15) is 9.59 Å². The van der Waals surface area contributed by atoms with Crippen molar-refractivity contribution in [3.05, 3.63) is 18.2 Å². The largest absolute Gasteiger partial charge is 0.480 e. The summed E-state index contributed by atoms with van der Waals surface area (Å²) in [6.45, 7) is 4.37. The van der Waals surface area contributed by atoms with Gasteiger partial charge in [-0.25, -0.2) is 4.98 Å². The molecule has 1 rings (SSSR count). The van der Waals surface area contributed by atoms with E-state index in [2.05, 4.69) is 20.6 Å². The summed E-state index contributed by atoms with van der Waals surface area (Å²) in [7, 11) is 0. The molecule has 1 aromatic rings. The molecule has 118 valence electrons. The van der Waals surface area contributed by atoms with Gasteiger partial charge in [0.2, 0.25) is 0 Å². The highest BCUT2D eigenvalue weighted by Crippen LogP contribution is 2.01. The van der Waals surface area contributed by atoms with Crippen molar-refractivity contribution in [3.8, 4) is 0 Å². The summed E-state index contributed by atoms with van der Waals surface area (Å²) in [5.74, 6) is -1.90. The molecule has 0 aromatic carbocycles. The van der Waals surface area contributed by atoms with Crippen molar-refractivity contribution >= 4 is 11.9 Å². The van der Waals surface area contributed by atoms with Crippen LogP contribution < -0.4 is 10.6 Å². The van der Waals surface area contributed by atoms with E-state index < -0.39 is 24.0 Å². The van der Waals surface area contributed by atoms with Crippen molar-refractivity contribution in [2.75, 3.05) is 13.1 Å². The molecule has 0 unspecified atom stereocenters. The van der Waals surface area contributed by atoms with Crippen molar-refractivity contribution in [2.24, 2.45) is 5.92 Å². The van der Waals surface area contributed by atoms with Gasteiger partial charge in [0.25, 0.3) is 0 Å². The lowest BCUT2D eigenvalue weighted by Crippen LogP contribution is -2.46. The van der Waals surface area contributed by atoms with Crippen molar-refractivity contribution in [1.82, 2.24) is 20.6 Å². The molecule has 0 aliphatic heterocycles. The zero-order valence-electron chi connectivity index (χ0n) is 12.2. The maximum Gasteiger partial charge on any atom is 0.321 e. The van der Waals surface area contributed by atoms with Gasteiger partial charge in [-0.15, -0.1) is 0 Å². The fourth-order valence-electron chi connectivity index (χ4n) is 1.95.